The predicted molar refractivity (Wildman–Crippen MR) is 121 cm³/mol. The molecule has 1 aliphatic heterocycles. The summed E-state index contributed by atoms with van der Waals surface area (Å²) in [5.41, 5.74) is 9.80. The highest BCUT2D eigenvalue weighted by atomic mass is 32.2. The molecule has 0 aromatic heterocycles. The molecule has 0 fully saturated rings. The van der Waals surface area contributed by atoms with Crippen LogP contribution in [0.3, 0.4) is 0 Å². The summed E-state index contributed by atoms with van der Waals surface area (Å²) in [6.45, 7) is 4.08. The highest BCUT2D eigenvalue weighted by molar-refractivity contribution is 8.01. The zero-order valence-corrected chi connectivity index (χ0v) is 17.7. The van der Waals surface area contributed by atoms with Crippen LogP contribution >= 0.6 is 11.8 Å². The zero-order valence-electron chi connectivity index (χ0n) is 16.8. The van der Waals surface area contributed by atoms with Crippen molar-refractivity contribution in [1.82, 2.24) is 5.48 Å². The second kappa shape index (κ2) is 12.2. The number of methoxy groups -OCH3 is 1. The van der Waals surface area contributed by atoms with E-state index in [-0.39, 0.29) is 25.1 Å². The van der Waals surface area contributed by atoms with Gasteiger partial charge in [-0.1, -0.05) is 39.5 Å². The van der Waals surface area contributed by atoms with Gasteiger partial charge in [-0.15, -0.1) is 11.8 Å². The van der Waals surface area contributed by atoms with Gasteiger partial charge < -0.3 is 15.4 Å². The van der Waals surface area contributed by atoms with Crippen LogP contribution in [0.15, 0.2) is 47.4 Å². The molecule has 7 nitrogen and oxygen atoms in total. The summed E-state index contributed by atoms with van der Waals surface area (Å²) >= 11 is 1.47. The van der Waals surface area contributed by atoms with Crippen molar-refractivity contribution in [2.75, 3.05) is 18.6 Å². The third-order valence-electron chi connectivity index (χ3n) is 4.37. The molecule has 8 heteroatoms. The molecule has 2 amide bonds. The van der Waals surface area contributed by atoms with Crippen molar-refractivity contribution in [3.63, 3.8) is 0 Å². The third-order valence-corrected chi connectivity index (χ3v) is 5.62. The van der Waals surface area contributed by atoms with Gasteiger partial charge in [0.1, 0.15) is 12.3 Å². The molecule has 2 aromatic rings. The predicted octanol–water partition coefficient (Wildman–Crippen LogP) is 3.37. The minimum Gasteiger partial charge on any atom is -0.497 e. The van der Waals surface area contributed by atoms with Crippen molar-refractivity contribution >= 4 is 29.3 Å². The Labute approximate surface area is 182 Å². The number of benzene rings is 2. The Morgan fingerprint density at radius 1 is 1.20 bits per heavy atom. The Morgan fingerprint density at radius 3 is 2.40 bits per heavy atom. The summed E-state index contributed by atoms with van der Waals surface area (Å²) in [4.78, 5) is 27.1. The van der Waals surface area contributed by atoms with E-state index < -0.39 is 5.91 Å². The van der Waals surface area contributed by atoms with Crippen LogP contribution in [0.4, 0.5) is 5.69 Å². The molecular formula is C22H31N3O4S. The van der Waals surface area contributed by atoms with Crippen molar-refractivity contribution in [3.8, 4) is 5.75 Å². The van der Waals surface area contributed by atoms with E-state index in [0.29, 0.717) is 18.7 Å². The van der Waals surface area contributed by atoms with Crippen molar-refractivity contribution in [2.24, 2.45) is 5.73 Å². The maximum atomic E-state index is 13.1. The molecule has 164 valence electrons. The van der Waals surface area contributed by atoms with Crippen LogP contribution < -0.4 is 20.9 Å². The number of fused-ring (bicyclic) bond motifs is 1. The van der Waals surface area contributed by atoms with Crippen LogP contribution in [0.5, 0.6) is 5.75 Å². The number of hydrogen-bond donors (Lipinski definition) is 3. The summed E-state index contributed by atoms with van der Waals surface area (Å²) in [5, 5.41) is 8.50. The molecule has 1 atom stereocenters. The lowest BCUT2D eigenvalue weighted by Crippen LogP contribution is -2.46. The molecule has 0 bridgehead atoms. The fourth-order valence-corrected chi connectivity index (χ4v) is 4.19. The summed E-state index contributed by atoms with van der Waals surface area (Å²) in [7, 11) is 1.60. The summed E-state index contributed by atoms with van der Waals surface area (Å²) < 4.78 is 5.16. The first-order chi connectivity index (χ1) is 14.0. The fraction of sp³-hybridized carbons (Fsp3) is 0.364. The second-order valence-electron chi connectivity index (χ2n) is 6.12. The minimum absolute atomic E-state index is 0. The molecule has 1 heterocycles. The largest absolute Gasteiger partial charge is 0.497 e. The molecule has 1 unspecified atom stereocenters. The summed E-state index contributed by atoms with van der Waals surface area (Å²) in [6.07, 6.45) is 0.517. The highest BCUT2D eigenvalue weighted by Crippen LogP contribution is 2.41. The van der Waals surface area contributed by atoms with E-state index in [1.54, 1.807) is 12.6 Å². The number of nitrogens with two attached hydrogens (primary N) is 1. The highest BCUT2D eigenvalue weighted by Gasteiger charge is 2.34. The number of thioether (sulfide) groups is 1. The maximum absolute atomic E-state index is 13.1. The van der Waals surface area contributed by atoms with Crippen LogP contribution in [0.25, 0.3) is 0 Å². The van der Waals surface area contributed by atoms with Gasteiger partial charge in [0.2, 0.25) is 5.91 Å². The monoisotopic (exact) mass is 433 g/mol. The van der Waals surface area contributed by atoms with Crippen molar-refractivity contribution < 1.29 is 19.5 Å². The summed E-state index contributed by atoms with van der Waals surface area (Å²) in [6, 6.07) is 13.2. The van der Waals surface area contributed by atoms with Gasteiger partial charge in [0, 0.05) is 11.4 Å². The standard InChI is InChI=1S/C19H21N3O4S.C2H6.CH4/c1-26-14-5-2-12(3-6-14)9-17-19(24)22(11-18(23)21-25)15-8-13(10-20)4-7-16(15)27-17;1-2;/h2-8,17,25H,9-11,20H2,1H3,(H,21,23);1-2H3;1H4. The first-order valence-corrected chi connectivity index (χ1v) is 10.3. The molecule has 0 radical (unpaired) electrons. The van der Waals surface area contributed by atoms with Gasteiger partial charge in [-0.25, -0.2) is 5.48 Å². The Morgan fingerprint density at radius 2 is 1.83 bits per heavy atom. The van der Waals surface area contributed by atoms with Crippen LogP contribution in [-0.2, 0) is 22.6 Å². The molecule has 0 saturated carbocycles. The molecular weight excluding hydrogens is 402 g/mol. The number of hydrogen-bond acceptors (Lipinski definition) is 6. The van der Waals surface area contributed by atoms with Gasteiger partial charge in [0.15, 0.2) is 0 Å². The van der Waals surface area contributed by atoms with E-state index in [2.05, 4.69) is 0 Å². The molecule has 1 aliphatic rings. The lowest BCUT2D eigenvalue weighted by atomic mass is 10.1. The van der Waals surface area contributed by atoms with E-state index in [4.69, 9.17) is 15.7 Å². The Balaban J connectivity index is 0.00000146. The Bertz CT molecular complexity index is 843. The first kappa shape index (κ1) is 25.5. The molecule has 4 N–H and O–H groups in total. The van der Waals surface area contributed by atoms with Gasteiger partial charge in [-0.05, 0) is 41.8 Å². The van der Waals surface area contributed by atoms with Gasteiger partial charge in [-0.3, -0.25) is 14.8 Å². The second-order valence-corrected chi connectivity index (χ2v) is 7.37. The topological polar surface area (TPSA) is 105 Å². The van der Waals surface area contributed by atoms with Crippen LogP contribution in [0.1, 0.15) is 32.4 Å². The average molecular weight is 434 g/mol. The van der Waals surface area contributed by atoms with E-state index >= 15 is 0 Å². The number of nitrogens with one attached hydrogen (secondary N) is 1. The minimum atomic E-state index is -0.650. The van der Waals surface area contributed by atoms with Crippen LogP contribution in [0, 0.1) is 0 Å². The molecule has 0 saturated heterocycles. The van der Waals surface area contributed by atoms with Crippen molar-refractivity contribution in [1.29, 1.82) is 0 Å². The van der Waals surface area contributed by atoms with Gasteiger partial charge in [0.05, 0.1) is 18.0 Å². The zero-order chi connectivity index (χ0) is 21.4. The smallest absolute Gasteiger partial charge is 0.263 e. The molecule has 3 rings (SSSR count). The SMILES string of the molecule is C.CC.COc1ccc(CC2Sc3ccc(CN)cc3N(CC(=O)NO)C2=O)cc1. The van der Waals surface area contributed by atoms with E-state index in [9.17, 15) is 9.59 Å². The molecule has 0 aliphatic carbocycles. The number of rotatable bonds is 6. The Kier molecular flexibility index (Phi) is 10.4. The first-order valence-electron chi connectivity index (χ1n) is 9.42. The number of nitrogens with zero attached hydrogens (tertiary/aromatic N) is 1. The lowest BCUT2D eigenvalue weighted by Gasteiger charge is -2.33. The molecule has 0 spiro atoms. The summed E-state index contributed by atoms with van der Waals surface area (Å²) in [5.74, 6) is -0.0779. The fourth-order valence-electron chi connectivity index (χ4n) is 2.94. The number of hydroxylamine groups is 1. The van der Waals surface area contributed by atoms with Gasteiger partial charge in [-0.2, -0.15) is 0 Å². The molecule has 2 aromatic carbocycles. The number of ether oxygens (including phenoxy) is 1. The molecule has 30 heavy (non-hydrogen) atoms. The third kappa shape index (κ3) is 5.98. The lowest BCUT2D eigenvalue weighted by molar-refractivity contribution is -0.129. The maximum Gasteiger partial charge on any atom is 0.263 e. The van der Waals surface area contributed by atoms with Gasteiger partial charge >= 0.3 is 0 Å². The Hall–Kier alpha value is -2.55. The van der Waals surface area contributed by atoms with E-state index in [1.165, 1.54) is 16.7 Å². The quantitative estimate of drug-likeness (QED) is 0.477. The van der Waals surface area contributed by atoms with Crippen LogP contribution in [-0.4, -0.2) is 35.9 Å². The van der Waals surface area contributed by atoms with Crippen LogP contribution in [0.2, 0.25) is 0 Å². The van der Waals surface area contributed by atoms with E-state index in [0.717, 1.165) is 21.8 Å². The van der Waals surface area contributed by atoms with Crippen molar-refractivity contribution in [3.05, 3.63) is 53.6 Å². The number of carbonyl (C=O) groups is 2. The number of carbonyl (C=O) groups excluding carboxylic acids is 2. The van der Waals surface area contributed by atoms with Gasteiger partial charge in [0.25, 0.3) is 5.91 Å². The van der Waals surface area contributed by atoms with Crippen molar-refractivity contribution in [2.45, 2.75) is 44.4 Å². The number of amides is 2. The number of anilines is 1. The van der Waals surface area contributed by atoms with E-state index in [1.807, 2.05) is 56.3 Å². The average Bonchev–Trinajstić information content (AvgIpc) is 2.78. The normalized spacial score (nSPS) is 14.6.